The molecule has 0 aromatic rings. The van der Waals surface area contributed by atoms with E-state index in [1.165, 1.54) is 0 Å². The minimum Gasteiger partial charge on any atom is -0.303 e. The van der Waals surface area contributed by atoms with Gasteiger partial charge in [0.25, 0.3) is 0 Å². The lowest BCUT2D eigenvalue weighted by molar-refractivity contribution is 0.00751. The zero-order chi connectivity index (χ0) is 25.8. The van der Waals surface area contributed by atoms with Crippen molar-refractivity contribution < 1.29 is 32.9 Å². The summed E-state index contributed by atoms with van der Waals surface area (Å²) in [6.45, 7) is 12.5. The van der Waals surface area contributed by atoms with Gasteiger partial charge in [0, 0.05) is 4.57 Å². The molecule has 0 aliphatic carbocycles. The average Bonchev–Trinajstić information content (AvgIpc) is 2.72. The largest absolute Gasteiger partial charge is 0.695 e. The Labute approximate surface area is 204 Å². The van der Waals surface area contributed by atoms with Crippen molar-refractivity contribution in [3.63, 3.8) is 0 Å². The topological polar surface area (TPSA) is 113 Å². The zero-order valence-electron chi connectivity index (χ0n) is 22.2. The van der Waals surface area contributed by atoms with Crippen molar-refractivity contribution in [3.8, 4) is 0 Å². The minimum absolute atomic E-state index is 0.358. The number of hydrogen-bond acceptors (Lipinski definition) is 4. The summed E-state index contributed by atoms with van der Waals surface area (Å²) in [5.74, 6) is 0. The zero-order valence-corrected chi connectivity index (χ0v) is 24.0. The number of unbranched alkanes of at least 4 members (excludes halogenated alkanes) is 4. The number of rotatable bonds is 20. The predicted molar refractivity (Wildman–Crippen MR) is 137 cm³/mol. The van der Waals surface area contributed by atoms with E-state index in [4.69, 9.17) is 23.7 Å². The summed E-state index contributed by atoms with van der Waals surface area (Å²) in [6, 6.07) is 0. The average molecular weight is 516 g/mol. The Bertz CT molecular complexity index is 507. The molecule has 0 aromatic carbocycles. The van der Waals surface area contributed by atoms with Gasteiger partial charge in [0.15, 0.2) is 0 Å². The van der Waals surface area contributed by atoms with Crippen molar-refractivity contribution in [1.29, 1.82) is 0 Å². The predicted octanol–water partition coefficient (Wildman–Crippen LogP) is 8.59. The highest BCUT2D eigenvalue weighted by molar-refractivity contribution is 7.46. The summed E-state index contributed by atoms with van der Waals surface area (Å²) >= 11 is 0. The summed E-state index contributed by atoms with van der Waals surface area (Å²) in [7, 11) is -6.88. The molecule has 7 nitrogen and oxygen atoms in total. The second-order valence-electron chi connectivity index (χ2n) is 9.19. The Hall–Kier alpha value is 0.130. The van der Waals surface area contributed by atoms with Gasteiger partial charge in [-0.05, 0) is 38.5 Å². The van der Waals surface area contributed by atoms with Crippen LogP contribution >= 0.6 is 16.1 Å². The van der Waals surface area contributed by atoms with Gasteiger partial charge in [0.05, 0.1) is 5.60 Å². The Kier molecular flexibility index (Phi) is 21.7. The monoisotopic (exact) mass is 515 g/mol. The van der Waals surface area contributed by atoms with Gasteiger partial charge in [-0.15, -0.1) is 9.42 Å². The van der Waals surface area contributed by atoms with Crippen molar-refractivity contribution in [3.05, 3.63) is 0 Å². The molecule has 0 bridgehead atoms. The van der Waals surface area contributed by atoms with Crippen LogP contribution in [-0.4, -0.2) is 25.9 Å². The van der Waals surface area contributed by atoms with E-state index in [1.54, 1.807) is 0 Å². The van der Waals surface area contributed by atoms with Crippen molar-refractivity contribution in [2.75, 3.05) is 0 Å². The first kappa shape index (κ1) is 35.3. The van der Waals surface area contributed by atoms with E-state index in [0.717, 1.165) is 103 Å². The molecule has 0 amide bonds. The molecule has 3 N–H and O–H groups in total. The summed E-state index contributed by atoms with van der Waals surface area (Å²) in [6.07, 6.45) is 15.0. The van der Waals surface area contributed by atoms with Crippen LogP contribution in [0, 0.1) is 0 Å². The lowest BCUT2D eigenvalue weighted by Crippen LogP contribution is -2.31. The highest BCUT2D eigenvalue weighted by atomic mass is 31.2. The summed E-state index contributed by atoms with van der Waals surface area (Å²) < 4.78 is 32.5. The van der Waals surface area contributed by atoms with Crippen molar-refractivity contribution in [2.45, 2.75) is 155 Å². The molecule has 0 spiro atoms. The molecular weight excluding hydrogens is 462 g/mol. The molecule has 1 unspecified atom stereocenters. The molecule has 0 heterocycles. The maximum absolute atomic E-state index is 11.1. The van der Waals surface area contributed by atoms with Gasteiger partial charge in [-0.25, -0.2) is 4.57 Å². The normalized spacial score (nSPS) is 12.9. The van der Waals surface area contributed by atoms with Crippen LogP contribution in [0.15, 0.2) is 0 Å². The number of phosphoric ester groups is 1. The Balaban J connectivity index is 0. The molecular formula is C24H53O7P2+. The van der Waals surface area contributed by atoms with E-state index in [2.05, 4.69) is 34.6 Å². The third-order valence-corrected chi connectivity index (χ3v) is 7.11. The molecule has 0 saturated heterocycles. The van der Waals surface area contributed by atoms with Crippen LogP contribution in [0.2, 0.25) is 0 Å². The van der Waals surface area contributed by atoms with Gasteiger partial charge in [0.2, 0.25) is 0 Å². The van der Waals surface area contributed by atoms with E-state index in [1.807, 2.05) is 6.92 Å². The van der Waals surface area contributed by atoms with Gasteiger partial charge < -0.3 is 9.79 Å². The van der Waals surface area contributed by atoms with Gasteiger partial charge >= 0.3 is 16.1 Å². The lowest BCUT2D eigenvalue weighted by atomic mass is 9.87. The first-order chi connectivity index (χ1) is 15.5. The first-order valence-electron chi connectivity index (χ1n) is 13.1. The fourth-order valence-electron chi connectivity index (χ4n) is 4.35. The van der Waals surface area contributed by atoms with Crippen molar-refractivity contribution in [1.82, 2.24) is 0 Å². The van der Waals surface area contributed by atoms with Crippen LogP contribution in [0.3, 0.4) is 0 Å². The molecule has 0 rings (SSSR count). The van der Waals surface area contributed by atoms with Crippen molar-refractivity contribution in [2.24, 2.45) is 0 Å². The van der Waals surface area contributed by atoms with Crippen LogP contribution in [0.25, 0.3) is 0 Å². The smallest absolute Gasteiger partial charge is 0.303 e. The van der Waals surface area contributed by atoms with Crippen LogP contribution in [0.5, 0.6) is 0 Å². The van der Waals surface area contributed by atoms with E-state index in [9.17, 15) is 9.13 Å². The maximum atomic E-state index is 11.1. The first-order valence-corrected chi connectivity index (χ1v) is 15.8. The second-order valence-corrected chi connectivity index (χ2v) is 11.0. The van der Waals surface area contributed by atoms with Gasteiger partial charge in [0.1, 0.15) is 5.60 Å². The molecule has 9 heteroatoms. The Morgan fingerprint density at radius 2 is 0.970 bits per heavy atom. The minimum atomic E-state index is -4.40. The fraction of sp³-hybridized carbons (Fsp3) is 1.00. The molecule has 0 radical (unpaired) electrons. The quantitative estimate of drug-likeness (QED) is 0.139. The van der Waals surface area contributed by atoms with Crippen LogP contribution < -0.4 is 0 Å². The summed E-state index contributed by atoms with van der Waals surface area (Å²) in [5, 5.41) is 0. The summed E-state index contributed by atoms with van der Waals surface area (Å²) in [5.41, 5.74) is -0.983. The third-order valence-electron chi connectivity index (χ3n) is 5.94. The van der Waals surface area contributed by atoms with Gasteiger partial charge in [-0.1, -0.05) is 106 Å². The standard InChI is InChI=1S/C12H27O4P.C12H25O3P/c1-4-7-10-12(9-6-3,11-8-5-2)16-17(13,14)15;1-4-7-10-12(9-6-3,11-8-5-2)15-16(13)14/h4-11H2,1-3H3,(H2,13,14,15);4-11H2,1-3H3/p+1. The SMILES string of the molecule is CCCCC(CCC)(CCCC)OP(=O)(O)O.CCCCC(CCC)(CCCC)O[P+](=O)O. The van der Waals surface area contributed by atoms with Crippen molar-refractivity contribution >= 4 is 16.1 Å². The molecule has 0 saturated carbocycles. The van der Waals surface area contributed by atoms with Crippen LogP contribution in [0.1, 0.15) is 144 Å². The van der Waals surface area contributed by atoms with Gasteiger partial charge in [-0.2, -0.15) is 0 Å². The molecule has 1 atom stereocenters. The molecule has 33 heavy (non-hydrogen) atoms. The Morgan fingerprint density at radius 1 is 0.636 bits per heavy atom. The molecule has 200 valence electrons. The van der Waals surface area contributed by atoms with Crippen LogP contribution in [0.4, 0.5) is 0 Å². The molecule has 0 aromatic heterocycles. The highest BCUT2D eigenvalue weighted by Gasteiger charge is 2.38. The van der Waals surface area contributed by atoms with Gasteiger partial charge in [-0.3, -0.25) is 4.52 Å². The lowest BCUT2D eigenvalue weighted by Gasteiger charge is -2.33. The number of phosphoric acid groups is 1. The molecule has 0 aliphatic rings. The molecule has 0 aliphatic heterocycles. The number of hydrogen-bond donors (Lipinski definition) is 3. The summed E-state index contributed by atoms with van der Waals surface area (Å²) in [4.78, 5) is 27.1. The van der Waals surface area contributed by atoms with E-state index in [-0.39, 0.29) is 5.60 Å². The van der Waals surface area contributed by atoms with E-state index in [0.29, 0.717) is 0 Å². The second kappa shape index (κ2) is 20.3. The molecule has 0 fully saturated rings. The maximum Gasteiger partial charge on any atom is 0.695 e. The van der Waals surface area contributed by atoms with E-state index < -0.39 is 21.7 Å². The van der Waals surface area contributed by atoms with E-state index >= 15 is 0 Å². The fourth-order valence-corrected chi connectivity index (χ4v) is 5.73. The third kappa shape index (κ3) is 19.0. The Morgan fingerprint density at radius 3 is 1.24 bits per heavy atom. The highest BCUT2D eigenvalue weighted by Crippen LogP contribution is 2.47. The van der Waals surface area contributed by atoms with Crippen LogP contribution in [-0.2, 0) is 18.2 Å².